The summed E-state index contributed by atoms with van der Waals surface area (Å²) in [6, 6.07) is 10.3. The normalized spacial score (nSPS) is 10.1. The molecule has 22 heavy (non-hydrogen) atoms. The summed E-state index contributed by atoms with van der Waals surface area (Å²) >= 11 is 0. The molecule has 0 bridgehead atoms. The van der Waals surface area contributed by atoms with Gasteiger partial charge in [0.25, 0.3) is 5.91 Å². The quantitative estimate of drug-likeness (QED) is 0.834. The first-order valence-corrected chi connectivity index (χ1v) is 6.48. The summed E-state index contributed by atoms with van der Waals surface area (Å²) in [4.78, 5) is 23.3. The van der Waals surface area contributed by atoms with Gasteiger partial charge in [0.15, 0.2) is 12.4 Å². The van der Waals surface area contributed by atoms with Gasteiger partial charge in [-0.2, -0.15) is 0 Å². The fourth-order valence-electron chi connectivity index (χ4n) is 1.65. The smallest absolute Gasteiger partial charge is 0.258 e. The van der Waals surface area contributed by atoms with Gasteiger partial charge in [0.05, 0.1) is 6.54 Å². The molecule has 2 aromatic carbocycles. The van der Waals surface area contributed by atoms with Crippen molar-refractivity contribution in [3.63, 3.8) is 0 Å². The van der Waals surface area contributed by atoms with E-state index in [4.69, 9.17) is 4.74 Å². The summed E-state index contributed by atoms with van der Waals surface area (Å²) < 4.78 is 30.6. The Bertz CT molecular complexity index is 654. The number of benzene rings is 2. The van der Waals surface area contributed by atoms with Crippen molar-refractivity contribution in [1.29, 1.82) is 0 Å². The summed E-state index contributed by atoms with van der Waals surface area (Å²) in [6.45, 7) is -0.500. The van der Waals surface area contributed by atoms with Crippen LogP contribution in [0.3, 0.4) is 0 Å². The van der Waals surface area contributed by atoms with E-state index < -0.39 is 17.5 Å². The highest BCUT2D eigenvalue weighted by Crippen LogP contribution is 2.10. The van der Waals surface area contributed by atoms with E-state index in [1.54, 1.807) is 0 Å². The molecule has 0 aliphatic heterocycles. The van der Waals surface area contributed by atoms with Crippen LogP contribution in [0.1, 0.15) is 10.4 Å². The number of carbonyl (C=O) groups is 2. The minimum atomic E-state index is -0.486. The molecular formula is C16H13F2NO3. The summed E-state index contributed by atoms with van der Waals surface area (Å²) in [5.74, 6) is -1.31. The van der Waals surface area contributed by atoms with E-state index >= 15 is 0 Å². The SMILES string of the molecule is O=C(COc1ccc(F)cc1)NCC(=O)c1ccc(F)cc1. The molecule has 0 aliphatic rings. The fourth-order valence-corrected chi connectivity index (χ4v) is 1.65. The van der Waals surface area contributed by atoms with Crippen molar-refractivity contribution in [2.75, 3.05) is 13.2 Å². The molecule has 0 atom stereocenters. The van der Waals surface area contributed by atoms with Crippen molar-refractivity contribution in [3.05, 3.63) is 65.7 Å². The molecule has 0 aliphatic carbocycles. The Balaban J connectivity index is 1.76. The molecular weight excluding hydrogens is 292 g/mol. The van der Waals surface area contributed by atoms with Gasteiger partial charge in [0.2, 0.25) is 0 Å². The highest BCUT2D eigenvalue weighted by Gasteiger charge is 2.09. The van der Waals surface area contributed by atoms with Crippen molar-refractivity contribution >= 4 is 11.7 Å². The molecule has 0 heterocycles. The minimum Gasteiger partial charge on any atom is -0.484 e. The predicted molar refractivity (Wildman–Crippen MR) is 75.6 cm³/mol. The molecule has 0 saturated carbocycles. The number of ketones is 1. The zero-order valence-corrected chi connectivity index (χ0v) is 11.5. The second kappa shape index (κ2) is 7.31. The lowest BCUT2D eigenvalue weighted by Gasteiger charge is -2.07. The third-order valence-corrected chi connectivity index (χ3v) is 2.80. The second-order valence-electron chi connectivity index (χ2n) is 4.45. The lowest BCUT2D eigenvalue weighted by Crippen LogP contribution is -2.33. The van der Waals surface area contributed by atoms with Gasteiger partial charge >= 0.3 is 0 Å². The molecule has 0 saturated heterocycles. The molecule has 0 unspecified atom stereocenters. The molecule has 1 amide bonds. The zero-order chi connectivity index (χ0) is 15.9. The maximum atomic E-state index is 12.7. The molecule has 0 radical (unpaired) electrons. The van der Waals surface area contributed by atoms with E-state index in [2.05, 4.69) is 5.32 Å². The molecule has 2 rings (SSSR count). The average Bonchev–Trinajstić information content (AvgIpc) is 2.52. The van der Waals surface area contributed by atoms with Crippen LogP contribution in [0, 0.1) is 11.6 Å². The van der Waals surface area contributed by atoms with Crippen molar-refractivity contribution in [1.82, 2.24) is 5.32 Å². The molecule has 0 aromatic heterocycles. The number of ether oxygens (including phenoxy) is 1. The largest absolute Gasteiger partial charge is 0.484 e. The summed E-state index contributed by atoms with van der Waals surface area (Å²) in [6.07, 6.45) is 0. The maximum Gasteiger partial charge on any atom is 0.258 e. The second-order valence-corrected chi connectivity index (χ2v) is 4.45. The van der Waals surface area contributed by atoms with Crippen LogP contribution in [0.5, 0.6) is 5.75 Å². The number of hydrogen-bond donors (Lipinski definition) is 1. The van der Waals surface area contributed by atoms with Gasteiger partial charge in [-0.1, -0.05) is 0 Å². The van der Waals surface area contributed by atoms with Gasteiger partial charge in [-0.15, -0.1) is 0 Å². The number of Topliss-reactive ketones (excluding diaryl/α,β-unsaturated/α-hetero) is 1. The first kappa shape index (κ1) is 15.6. The van der Waals surface area contributed by atoms with Crippen LogP contribution in [0.25, 0.3) is 0 Å². The van der Waals surface area contributed by atoms with Crippen molar-refractivity contribution < 1.29 is 23.1 Å². The van der Waals surface area contributed by atoms with Gasteiger partial charge in [0, 0.05) is 5.56 Å². The molecule has 1 N–H and O–H groups in total. The zero-order valence-electron chi connectivity index (χ0n) is 11.5. The summed E-state index contributed by atoms with van der Waals surface area (Å²) in [5, 5.41) is 2.40. The van der Waals surface area contributed by atoms with E-state index in [0.29, 0.717) is 11.3 Å². The number of amides is 1. The summed E-state index contributed by atoms with van der Waals surface area (Å²) in [5.41, 5.74) is 0.307. The van der Waals surface area contributed by atoms with E-state index in [1.165, 1.54) is 48.5 Å². The Morgan fingerprint density at radius 2 is 1.45 bits per heavy atom. The first-order chi connectivity index (χ1) is 10.5. The van der Waals surface area contributed by atoms with E-state index in [0.717, 1.165) is 0 Å². The predicted octanol–water partition coefficient (Wildman–Crippen LogP) is 2.34. The molecule has 2 aromatic rings. The molecule has 0 fully saturated rings. The van der Waals surface area contributed by atoms with Crippen molar-refractivity contribution in [3.8, 4) is 5.75 Å². The number of halogens is 2. The van der Waals surface area contributed by atoms with Crippen LogP contribution < -0.4 is 10.1 Å². The molecule has 4 nitrogen and oxygen atoms in total. The van der Waals surface area contributed by atoms with Crippen LogP contribution in [0.2, 0.25) is 0 Å². The Morgan fingerprint density at radius 3 is 2.05 bits per heavy atom. The first-order valence-electron chi connectivity index (χ1n) is 6.48. The van der Waals surface area contributed by atoms with Gasteiger partial charge in [-0.05, 0) is 48.5 Å². The third kappa shape index (κ3) is 4.66. The average molecular weight is 305 g/mol. The van der Waals surface area contributed by atoms with Crippen LogP contribution in [-0.4, -0.2) is 24.8 Å². The highest BCUT2D eigenvalue weighted by atomic mass is 19.1. The van der Waals surface area contributed by atoms with Gasteiger partial charge < -0.3 is 10.1 Å². The van der Waals surface area contributed by atoms with E-state index in [-0.39, 0.29) is 18.9 Å². The monoisotopic (exact) mass is 305 g/mol. The van der Waals surface area contributed by atoms with Crippen LogP contribution >= 0.6 is 0 Å². The Kier molecular flexibility index (Phi) is 5.19. The lowest BCUT2D eigenvalue weighted by molar-refractivity contribution is -0.122. The van der Waals surface area contributed by atoms with Gasteiger partial charge in [-0.3, -0.25) is 9.59 Å². The van der Waals surface area contributed by atoms with Crippen LogP contribution in [0.4, 0.5) is 8.78 Å². The topological polar surface area (TPSA) is 55.4 Å². The van der Waals surface area contributed by atoms with Gasteiger partial charge in [-0.25, -0.2) is 8.78 Å². The molecule has 114 valence electrons. The molecule has 6 heteroatoms. The Morgan fingerprint density at radius 1 is 0.909 bits per heavy atom. The number of rotatable bonds is 6. The fraction of sp³-hybridized carbons (Fsp3) is 0.125. The van der Waals surface area contributed by atoms with Crippen molar-refractivity contribution in [2.45, 2.75) is 0 Å². The van der Waals surface area contributed by atoms with Crippen LogP contribution in [-0.2, 0) is 4.79 Å². The maximum absolute atomic E-state index is 12.7. The highest BCUT2D eigenvalue weighted by molar-refractivity contribution is 5.99. The van der Waals surface area contributed by atoms with E-state index in [9.17, 15) is 18.4 Å². The van der Waals surface area contributed by atoms with Crippen molar-refractivity contribution in [2.24, 2.45) is 0 Å². The standard InChI is InChI=1S/C16H13F2NO3/c17-12-3-1-11(2-4-12)15(20)9-19-16(21)10-22-14-7-5-13(18)6-8-14/h1-8H,9-10H2,(H,19,21). The van der Waals surface area contributed by atoms with Gasteiger partial charge in [0.1, 0.15) is 17.4 Å². The number of nitrogens with one attached hydrogen (secondary N) is 1. The molecule has 0 spiro atoms. The minimum absolute atomic E-state index is 0.211. The lowest BCUT2D eigenvalue weighted by atomic mass is 10.1. The number of carbonyl (C=O) groups excluding carboxylic acids is 2. The third-order valence-electron chi connectivity index (χ3n) is 2.80. The Labute approximate surface area is 125 Å². The Hall–Kier alpha value is -2.76. The number of hydrogen-bond acceptors (Lipinski definition) is 3. The summed E-state index contributed by atoms with van der Waals surface area (Å²) in [7, 11) is 0. The van der Waals surface area contributed by atoms with E-state index in [1.807, 2.05) is 0 Å². The van der Waals surface area contributed by atoms with Crippen LogP contribution in [0.15, 0.2) is 48.5 Å².